The quantitative estimate of drug-likeness (QED) is 0.618. The number of hydrogen-bond donors (Lipinski definition) is 2. The highest BCUT2D eigenvalue weighted by molar-refractivity contribution is 14.1. The fraction of sp³-hybridized carbons (Fsp3) is 0.222. The summed E-state index contributed by atoms with van der Waals surface area (Å²) in [6.07, 6.45) is 0. The highest BCUT2D eigenvalue weighted by Gasteiger charge is 2.01. The van der Waals surface area contributed by atoms with E-state index >= 15 is 0 Å². The summed E-state index contributed by atoms with van der Waals surface area (Å²) in [6, 6.07) is 4.07. The van der Waals surface area contributed by atoms with Crippen LogP contribution in [0.15, 0.2) is 12.1 Å². The van der Waals surface area contributed by atoms with Gasteiger partial charge < -0.3 is 11.1 Å². The molecule has 0 saturated carbocycles. The molecule has 1 aromatic rings. The van der Waals surface area contributed by atoms with Crippen LogP contribution in [-0.4, -0.2) is 5.11 Å². The standard InChI is InChI=1S/C9H11IN2S/c1-5-3-7(12-9(11)13)4-6(2)8(5)10/h3-4H,1-2H3,(H3,11,12,13). The van der Waals surface area contributed by atoms with Gasteiger partial charge in [-0.15, -0.1) is 0 Å². The molecular formula is C9H11IN2S. The summed E-state index contributed by atoms with van der Waals surface area (Å²) in [5.41, 5.74) is 8.81. The van der Waals surface area contributed by atoms with E-state index in [0.29, 0.717) is 5.11 Å². The molecule has 0 amide bonds. The summed E-state index contributed by atoms with van der Waals surface area (Å²) in [5.74, 6) is 0. The van der Waals surface area contributed by atoms with Crippen LogP contribution < -0.4 is 11.1 Å². The number of thiocarbonyl (C=S) groups is 1. The van der Waals surface area contributed by atoms with Crippen molar-refractivity contribution in [2.24, 2.45) is 5.73 Å². The summed E-state index contributed by atoms with van der Waals surface area (Å²) < 4.78 is 1.28. The van der Waals surface area contributed by atoms with Gasteiger partial charge in [0.15, 0.2) is 5.11 Å². The molecule has 0 fully saturated rings. The van der Waals surface area contributed by atoms with Crippen LogP contribution in [0.2, 0.25) is 0 Å². The van der Waals surface area contributed by atoms with Crippen LogP contribution in [0.5, 0.6) is 0 Å². The molecule has 0 aliphatic carbocycles. The highest BCUT2D eigenvalue weighted by Crippen LogP contribution is 2.21. The summed E-state index contributed by atoms with van der Waals surface area (Å²) in [7, 11) is 0. The number of nitrogens with one attached hydrogen (secondary N) is 1. The van der Waals surface area contributed by atoms with Gasteiger partial charge in [-0.1, -0.05) is 0 Å². The van der Waals surface area contributed by atoms with Crippen molar-refractivity contribution >= 4 is 45.6 Å². The van der Waals surface area contributed by atoms with Crippen molar-refractivity contribution in [1.82, 2.24) is 0 Å². The van der Waals surface area contributed by atoms with E-state index in [1.165, 1.54) is 14.7 Å². The van der Waals surface area contributed by atoms with E-state index in [0.717, 1.165) is 5.69 Å². The Bertz CT molecular complexity index is 326. The molecule has 4 heteroatoms. The van der Waals surface area contributed by atoms with Crippen molar-refractivity contribution in [3.8, 4) is 0 Å². The van der Waals surface area contributed by atoms with Crippen molar-refractivity contribution < 1.29 is 0 Å². The third-order valence-corrected chi connectivity index (χ3v) is 3.51. The van der Waals surface area contributed by atoms with Gasteiger partial charge in [-0.25, -0.2) is 0 Å². The zero-order chi connectivity index (χ0) is 10.0. The fourth-order valence-electron chi connectivity index (χ4n) is 1.16. The van der Waals surface area contributed by atoms with E-state index < -0.39 is 0 Å². The summed E-state index contributed by atoms with van der Waals surface area (Å²) in [4.78, 5) is 0. The minimum atomic E-state index is 0.306. The molecule has 13 heavy (non-hydrogen) atoms. The maximum atomic E-state index is 5.38. The number of rotatable bonds is 1. The van der Waals surface area contributed by atoms with E-state index in [4.69, 9.17) is 18.0 Å². The first-order valence-electron chi connectivity index (χ1n) is 3.84. The normalized spacial score (nSPS) is 9.77. The lowest BCUT2D eigenvalue weighted by Gasteiger charge is -2.08. The predicted molar refractivity (Wildman–Crippen MR) is 69.0 cm³/mol. The van der Waals surface area contributed by atoms with Gasteiger partial charge in [0.25, 0.3) is 0 Å². The molecule has 1 aromatic carbocycles. The van der Waals surface area contributed by atoms with Gasteiger partial charge in [-0.05, 0) is 71.9 Å². The Morgan fingerprint density at radius 3 is 2.23 bits per heavy atom. The zero-order valence-corrected chi connectivity index (χ0v) is 10.5. The Morgan fingerprint density at radius 2 is 1.85 bits per heavy atom. The van der Waals surface area contributed by atoms with Gasteiger partial charge in [0.1, 0.15) is 0 Å². The zero-order valence-electron chi connectivity index (χ0n) is 7.52. The Kier molecular flexibility index (Phi) is 3.49. The molecule has 0 aliphatic heterocycles. The van der Waals surface area contributed by atoms with Gasteiger partial charge >= 0.3 is 0 Å². The van der Waals surface area contributed by atoms with E-state index in [2.05, 4.69) is 41.8 Å². The number of benzene rings is 1. The minimum absolute atomic E-state index is 0.306. The van der Waals surface area contributed by atoms with Crippen molar-refractivity contribution in [2.45, 2.75) is 13.8 Å². The lowest BCUT2D eigenvalue weighted by atomic mass is 10.1. The molecule has 2 nitrogen and oxygen atoms in total. The highest BCUT2D eigenvalue weighted by atomic mass is 127. The Morgan fingerprint density at radius 1 is 1.38 bits per heavy atom. The van der Waals surface area contributed by atoms with Crippen LogP contribution >= 0.6 is 34.8 Å². The lowest BCUT2D eigenvalue weighted by Crippen LogP contribution is -2.19. The molecule has 0 radical (unpaired) electrons. The molecule has 0 spiro atoms. The molecule has 0 saturated heterocycles. The largest absolute Gasteiger partial charge is 0.376 e. The smallest absolute Gasteiger partial charge is 0.168 e. The first kappa shape index (κ1) is 10.7. The van der Waals surface area contributed by atoms with Crippen LogP contribution in [0.1, 0.15) is 11.1 Å². The van der Waals surface area contributed by atoms with Crippen LogP contribution in [0.3, 0.4) is 0 Å². The maximum Gasteiger partial charge on any atom is 0.168 e. The monoisotopic (exact) mass is 306 g/mol. The number of aryl methyl sites for hydroxylation is 2. The third kappa shape index (κ3) is 2.80. The average molecular weight is 306 g/mol. The Balaban J connectivity index is 3.06. The van der Waals surface area contributed by atoms with Gasteiger partial charge in [0.2, 0.25) is 0 Å². The van der Waals surface area contributed by atoms with Crippen LogP contribution in [-0.2, 0) is 0 Å². The van der Waals surface area contributed by atoms with E-state index in [1.54, 1.807) is 0 Å². The van der Waals surface area contributed by atoms with Crippen LogP contribution in [0, 0.1) is 17.4 Å². The van der Waals surface area contributed by atoms with Crippen molar-refractivity contribution in [3.63, 3.8) is 0 Å². The summed E-state index contributed by atoms with van der Waals surface area (Å²) >= 11 is 7.09. The minimum Gasteiger partial charge on any atom is -0.376 e. The summed E-state index contributed by atoms with van der Waals surface area (Å²) in [5, 5.41) is 3.23. The molecule has 0 unspecified atom stereocenters. The molecule has 0 aliphatic rings. The molecule has 0 heterocycles. The second-order valence-corrected chi connectivity index (χ2v) is 4.43. The summed E-state index contributed by atoms with van der Waals surface area (Å²) in [6.45, 7) is 4.14. The molecule has 70 valence electrons. The van der Waals surface area contributed by atoms with Crippen LogP contribution in [0.25, 0.3) is 0 Å². The molecule has 0 aromatic heterocycles. The molecule has 3 N–H and O–H groups in total. The average Bonchev–Trinajstić information content (AvgIpc) is 1.98. The van der Waals surface area contributed by atoms with E-state index in [-0.39, 0.29) is 0 Å². The van der Waals surface area contributed by atoms with Gasteiger partial charge in [-0.3, -0.25) is 0 Å². The molecular weight excluding hydrogens is 295 g/mol. The lowest BCUT2D eigenvalue weighted by molar-refractivity contribution is 1.34. The number of nitrogens with two attached hydrogens (primary N) is 1. The molecule has 0 atom stereocenters. The van der Waals surface area contributed by atoms with E-state index in [1.807, 2.05) is 12.1 Å². The SMILES string of the molecule is Cc1cc(NC(N)=S)cc(C)c1I. The van der Waals surface area contributed by atoms with Crippen molar-refractivity contribution in [3.05, 3.63) is 26.8 Å². The third-order valence-electron chi connectivity index (χ3n) is 1.70. The van der Waals surface area contributed by atoms with Gasteiger partial charge in [0, 0.05) is 9.26 Å². The van der Waals surface area contributed by atoms with E-state index in [9.17, 15) is 0 Å². The van der Waals surface area contributed by atoms with Gasteiger partial charge in [-0.2, -0.15) is 0 Å². The molecule has 0 bridgehead atoms. The van der Waals surface area contributed by atoms with Crippen LogP contribution in [0.4, 0.5) is 5.69 Å². The number of hydrogen-bond acceptors (Lipinski definition) is 1. The number of anilines is 1. The van der Waals surface area contributed by atoms with Crippen molar-refractivity contribution in [2.75, 3.05) is 5.32 Å². The van der Waals surface area contributed by atoms with Gasteiger partial charge in [0.05, 0.1) is 0 Å². The Hall–Kier alpha value is -0.360. The fourth-order valence-corrected chi connectivity index (χ4v) is 1.59. The second kappa shape index (κ2) is 4.23. The predicted octanol–water partition coefficient (Wildman–Crippen LogP) is 2.56. The second-order valence-electron chi connectivity index (χ2n) is 2.91. The van der Waals surface area contributed by atoms with Crippen molar-refractivity contribution in [1.29, 1.82) is 0 Å². The molecule has 1 rings (SSSR count). The first-order valence-corrected chi connectivity index (χ1v) is 5.32. The first-order chi connectivity index (χ1) is 6.00. The topological polar surface area (TPSA) is 38.0 Å². The maximum absolute atomic E-state index is 5.38. The Labute approximate surface area is 97.0 Å². The number of halogens is 1.